The average Bonchev–Trinajstić information content (AvgIpc) is 2.62. The second-order valence-corrected chi connectivity index (χ2v) is 6.99. The summed E-state index contributed by atoms with van der Waals surface area (Å²) in [6.07, 6.45) is 4.34. The van der Waals surface area contributed by atoms with Gasteiger partial charge in [0.2, 0.25) is 5.91 Å². The molecular weight excluding hydrogens is 286 g/mol. The lowest BCUT2D eigenvalue weighted by molar-refractivity contribution is -0.138. The van der Waals surface area contributed by atoms with Crippen LogP contribution in [-0.4, -0.2) is 55.0 Å². The Bertz CT molecular complexity index is 499. The van der Waals surface area contributed by atoms with Crippen molar-refractivity contribution in [2.75, 3.05) is 33.2 Å². The summed E-state index contributed by atoms with van der Waals surface area (Å²) in [6.45, 7) is 5.04. The van der Waals surface area contributed by atoms with Crippen LogP contribution in [0.1, 0.15) is 31.2 Å². The van der Waals surface area contributed by atoms with Gasteiger partial charge in [0.15, 0.2) is 0 Å². The summed E-state index contributed by atoms with van der Waals surface area (Å²) in [5.74, 6) is 0.530. The Morgan fingerprint density at radius 3 is 2.70 bits per heavy atom. The largest absolute Gasteiger partial charge is 0.342 e. The van der Waals surface area contributed by atoms with E-state index in [1.807, 2.05) is 11.9 Å². The second kappa shape index (κ2) is 7.93. The maximum atomic E-state index is 12.9. The van der Waals surface area contributed by atoms with Gasteiger partial charge in [-0.15, -0.1) is 0 Å². The summed E-state index contributed by atoms with van der Waals surface area (Å²) < 4.78 is 0. The third kappa shape index (κ3) is 4.33. The molecule has 0 radical (unpaired) electrons. The van der Waals surface area contributed by atoms with Gasteiger partial charge in [-0.1, -0.05) is 30.3 Å². The van der Waals surface area contributed by atoms with Gasteiger partial charge in [0.1, 0.15) is 0 Å². The number of benzene rings is 1. The van der Waals surface area contributed by atoms with Crippen LogP contribution in [0.15, 0.2) is 30.3 Å². The maximum Gasteiger partial charge on any atom is 0.226 e. The number of likely N-dealkylation sites (tertiary alicyclic amines) is 1. The highest BCUT2D eigenvalue weighted by molar-refractivity contribution is 5.79. The van der Waals surface area contributed by atoms with E-state index in [0.717, 1.165) is 58.4 Å². The van der Waals surface area contributed by atoms with E-state index in [0.29, 0.717) is 11.9 Å². The molecule has 0 bridgehead atoms. The van der Waals surface area contributed by atoms with Crippen LogP contribution in [0.4, 0.5) is 0 Å². The number of nitrogens with one attached hydrogen (secondary N) is 1. The van der Waals surface area contributed by atoms with E-state index in [1.165, 1.54) is 5.56 Å². The molecule has 1 aromatic carbocycles. The Hall–Kier alpha value is -1.39. The number of amides is 1. The smallest absolute Gasteiger partial charge is 0.226 e. The Labute approximate surface area is 139 Å². The molecule has 4 heteroatoms. The molecule has 2 saturated heterocycles. The number of hydrogen-bond donors (Lipinski definition) is 1. The quantitative estimate of drug-likeness (QED) is 0.924. The lowest BCUT2D eigenvalue weighted by Crippen LogP contribution is -2.49. The van der Waals surface area contributed by atoms with Gasteiger partial charge in [-0.05, 0) is 50.9 Å². The van der Waals surface area contributed by atoms with Gasteiger partial charge in [-0.3, -0.25) is 9.69 Å². The van der Waals surface area contributed by atoms with Crippen LogP contribution in [-0.2, 0) is 11.3 Å². The van der Waals surface area contributed by atoms with E-state index < -0.39 is 0 Å². The average molecular weight is 315 g/mol. The summed E-state index contributed by atoms with van der Waals surface area (Å²) >= 11 is 0. The highest BCUT2D eigenvalue weighted by Crippen LogP contribution is 2.22. The topological polar surface area (TPSA) is 35.6 Å². The predicted octanol–water partition coefficient (Wildman–Crippen LogP) is 2.11. The molecule has 2 aliphatic rings. The van der Waals surface area contributed by atoms with Gasteiger partial charge in [-0.2, -0.15) is 0 Å². The normalized spacial score (nSPS) is 23.6. The summed E-state index contributed by atoms with van der Waals surface area (Å²) in [5.41, 5.74) is 1.34. The molecule has 0 aliphatic carbocycles. The fourth-order valence-electron chi connectivity index (χ4n) is 3.90. The van der Waals surface area contributed by atoms with E-state index in [1.54, 1.807) is 0 Å². The third-order valence-corrected chi connectivity index (χ3v) is 5.31. The van der Waals surface area contributed by atoms with Crippen LogP contribution in [0.3, 0.4) is 0 Å². The van der Waals surface area contributed by atoms with Crippen LogP contribution >= 0.6 is 0 Å². The fourth-order valence-corrected chi connectivity index (χ4v) is 3.90. The minimum Gasteiger partial charge on any atom is -0.342 e. The Morgan fingerprint density at radius 2 is 1.96 bits per heavy atom. The Kier molecular flexibility index (Phi) is 5.68. The number of nitrogens with zero attached hydrogens (tertiary/aromatic N) is 2. The van der Waals surface area contributed by atoms with Crippen molar-refractivity contribution in [3.63, 3.8) is 0 Å². The van der Waals surface area contributed by atoms with Gasteiger partial charge < -0.3 is 10.2 Å². The molecular formula is C19H29N3O. The van der Waals surface area contributed by atoms with Crippen molar-refractivity contribution < 1.29 is 4.79 Å². The van der Waals surface area contributed by atoms with Gasteiger partial charge in [0, 0.05) is 26.2 Å². The van der Waals surface area contributed by atoms with Crippen LogP contribution < -0.4 is 5.32 Å². The summed E-state index contributed by atoms with van der Waals surface area (Å²) in [6, 6.07) is 11.0. The standard InChI is InChI=1S/C19H29N3O/c1-21(18-9-11-20-12-10-18)19(23)17-8-5-13-22(15-17)14-16-6-3-2-4-7-16/h2-4,6-7,17-18,20H,5,8-15H2,1H3. The molecule has 1 N–H and O–H groups in total. The molecule has 1 unspecified atom stereocenters. The lowest BCUT2D eigenvalue weighted by Gasteiger charge is -2.37. The molecule has 126 valence electrons. The van der Waals surface area contributed by atoms with Crippen LogP contribution in [0.2, 0.25) is 0 Å². The molecule has 1 aromatic rings. The molecule has 2 fully saturated rings. The zero-order valence-corrected chi connectivity index (χ0v) is 14.2. The van der Waals surface area contributed by atoms with Crippen LogP contribution in [0.25, 0.3) is 0 Å². The number of carbonyl (C=O) groups excluding carboxylic acids is 1. The number of rotatable bonds is 4. The monoisotopic (exact) mass is 315 g/mol. The molecule has 2 aliphatic heterocycles. The molecule has 3 rings (SSSR count). The van der Waals surface area contributed by atoms with Gasteiger partial charge in [0.25, 0.3) is 0 Å². The van der Waals surface area contributed by atoms with Crippen molar-refractivity contribution in [2.24, 2.45) is 5.92 Å². The van der Waals surface area contributed by atoms with E-state index in [4.69, 9.17) is 0 Å². The lowest BCUT2D eigenvalue weighted by atomic mass is 9.94. The van der Waals surface area contributed by atoms with Crippen LogP contribution in [0.5, 0.6) is 0 Å². The van der Waals surface area contributed by atoms with Crippen molar-refractivity contribution >= 4 is 5.91 Å². The first kappa shape index (κ1) is 16.5. The first-order chi connectivity index (χ1) is 11.2. The first-order valence-electron chi connectivity index (χ1n) is 8.97. The third-order valence-electron chi connectivity index (χ3n) is 5.31. The van der Waals surface area contributed by atoms with Crippen molar-refractivity contribution in [3.8, 4) is 0 Å². The molecule has 0 spiro atoms. The van der Waals surface area contributed by atoms with E-state index in [2.05, 4.69) is 40.5 Å². The van der Waals surface area contributed by atoms with Crippen molar-refractivity contribution in [1.29, 1.82) is 0 Å². The summed E-state index contributed by atoms with van der Waals surface area (Å²) in [7, 11) is 2.01. The van der Waals surface area contributed by atoms with Crippen molar-refractivity contribution in [3.05, 3.63) is 35.9 Å². The van der Waals surface area contributed by atoms with Crippen molar-refractivity contribution in [1.82, 2.24) is 15.1 Å². The molecule has 0 saturated carbocycles. The maximum absolute atomic E-state index is 12.9. The van der Waals surface area contributed by atoms with Crippen LogP contribution in [0, 0.1) is 5.92 Å². The number of piperidine rings is 2. The Morgan fingerprint density at radius 1 is 1.22 bits per heavy atom. The molecule has 2 heterocycles. The van der Waals surface area contributed by atoms with Crippen molar-refractivity contribution in [2.45, 2.75) is 38.3 Å². The van der Waals surface area contributed by atoms with Gasteiger partial charge >= 0.3 is 0 Å². The molecule has 1 atom stereocenters. The fraction of sp³-hybridized carbons (Fsp3) is 0.632. The zero-order chi connectivity index (χ0) is 16.1. The number of hydrogen-bond acceptors (Lipinski definition) is 3. The minimum atomic E-state index is 0.173. The van der Waals surface area contributed by atoms with Gasteiger partial charge in [0.05, 0.1) is 5.92 Å². The highest BCUT2D eigenvalue weighted by atomic mass is 16.2. The Balaban J connectivity index is 1.55. The number of carbonyl (C=O) groups is 1. The molecule has 0 aromatic heterocycles. The zero-order valence-electron chi connectivity index (χ0n) is 14.2. The van der Waals surface area contributed by atoms with Gasteiger partial charge in [-0.25, -0.2) is 0 Å². The first-order valence-corrected chi connectivity index (χ1v) is 8.97. The van der Waals surface area contributed by atoms with E-state index in [9.17, 15) is 4.79 Å². The molecule has 1 amide bonds. The minimum absolute atomic E-state index is 0.173. The van der Waals surface area contributed by atoms with E-state index >= 15 is 0 Å². The van der Waals surface area contributed by atoms with E-state index in [-0.39, 0.29) is 5.92 Å². The SMILES string of the molecule is CN(C(=O)C1CCCN(Cc2ccccc2)C1)C1CCNCC1. The summed E-state index contributed by atoms with van der Waals surface area (Å²) in [5, 5.41) is 3.38. The molecule has 4 nitrogen and oxygen atoms in total. The summed E-state index contributed by atoms with van der Waals surface area (Å²) in [4.78, 5) is 17.4. The second-order valence-electron chi connectivity index (χ2n) is 6.99. The highest BCUT2D eigenvalue weighted by Gasteiger charge is 2.31. The predicted molar refractivity (Wildman–Crippen MR) is 93.1 cm³/mol. The molecule has 23 heavy (non-hydrogen) atoms.